The van der Waals surface area contributed by atoms with E-state index in [1.807, 2.05) is 46.1 Å². The van der Waals surface area contributed by atoms with E-state index in [2.05, 4.69) is 10.3 Å². The molecule has 1 unspecified atom stereocenters. The van der Waals surface area contributed by atoms with E-state index >= 15 is 0 Å². The Morgan fingerprint density at radius 1 is 1.53 bits per heavy atom. The highest BCUT2D eigenvalue weighted by atomic mass is 16.2. The molecule has 94 valence electrons. The number of aryl methyl sites for hydroxylation is 1. The van der Waals surface area contributed by atoms with Gasteiger partial charge < -0.3 is 10.2 Å². The fraction of sp³-hybridized carbons (Fsp3) is 0.538. The van der Waals surface area contributed by atoms with E-state index in [-0.39, 0.29) is 11.9 Å². The number of nitrogens with one attached hydrogen (secondary N) is 1. The number of rotatable bonds is 5. The first kappa shape index (κ1) is 13.6. The van der Waals surface area contributed by atoms with E-state index in [0.717, 1.165) is 17.8 Å². The highest BCUT2D eigenvalue weighted by molar-refractivity contribution is 5.81. The van der Waals surface area contributed by atoms with Crippen molar-refractivity contribution in [2.24, 2.45) is 0 Å². The Labute approximate surface area is 103 Å². The molecule has 1 amide bonds. The molecule has 1 aromatic heterocycles. The van der Waals surface area contributed by atoms with Crippen LogP contribution < -0.4 is 5.32 Å². The molecular weight excluding hydrogens is 214 g/mol. The average Bonchev–Trinajstić information content (AvgIpc) is 2.35. The molecule has 0 spiro atoms. The molecule has 0 aliphatic rings. The van der Waals surface area contributed by atoms with Crippen LogP contribution in [0.5, 0.6) is 0 Å². The number of amides is 1. The van der Waals surface area contributed by atoms with Gasteiger partial charge in [0, 0.05) is 26.3 Å². The molecule has 0 aliphatic carbocycles. The first-order chi connectivity index (χ1) is 8.04. The minimum absolute atomic E-state index is 0.111. The second kappa shape index (κ2) is 6.35. The molecule has 0 aromatic carbocycles. The lowest BCUT2D eigenvalue weighted by molar-refractivity contribution is -0.131. The Morgan fingerprint density at radius 2 is 2.24 bits per heavy atom. The molecule has 0 fully saturated rings. The van der Waals surface area contributed by atoms with Gasteiger partial charge in [0.25, 0.3) is 0 Å². The largest absolute Gasteiger partial charge is 0.345 e. The van der Waals surface area contributed by atoms with Crippen molar-refractivity contribution in [3.05, 3.63) is 29.6 Å². The quantitative estimate of drug-likeness (QED) is 0.838. The van der Waals surface area contributed by atoms with E-state index in [0.29, 0.717) is 6.54 Å². The van der Waals surface area contributed by atoms with Crippen molar-refractivity contribution in [1.29, 1.82) is 0 Å². The van der Waals surface area contributed by atoms with E-state index in [4.69, 9.17) is 0 Å². The summed E-state index contributed by atoms with van der Waals surface area (Å²) in [7, 11) is 1.81. The van der Waals surface area contributed by atoms with Crippen LogP contribution in [0.2, 0.25) is 0 Å². The van der Waals surface area contributed by atoms with Crippen molar-refractivity contribution in [3.8, 4) is 0 Å². The highest BCUT2D eigenvalue weighted by Gasteiger charge is 2.15. The lowest BCUT2D eigenvalue weighted by Gasteiger charge is -2.20. The minimum Gasteiger partial charge on any atom is -0.345 e. The zero-order valence-corrected chi connectivity index (χ0v) is 11.0. The number of pyridine rings is 1. The third-order valence-electron chi connectivity index (χ3n) is 2.78. The van der Waals surface area contributed by atoms with Crippen molar-refractivity contribution in [2.75, 3.05) is 13.6 Å². The zero-order chi connectivity index (χ0) is 12.8. The van der Waals surface area contributed by atoms with E-state index in [1.54, 1.807) is 4.90 Å². The second-order valence-corrected chi connectivity index (χ2v) is 4.28. The highest BCUT2D eigenvalue weighted by Crippen LogP contribution is 1.99. The maximum Gasteiger partial charge on any atom is 0.239 e. The number of nitrogens with zero attached hydrogens (tertiary/aromatic N) is 2. The SMILES string of the molecule is CCN(C)C(=O)C(C)NCc1ccc(C)cn1. The maximum absolute atomic E-state index is 11.8. The fourth-order valence-corrected chi connectivity index (χ4v) is 1.43. The first-order valence-corrected chi connectivity index (χ1v) is 5.94. The van der Waals surface area contributed by atoms with Crippen LogP contribution in [0.4, 0.5) is 0 Å². The van der Waals surface area contributed by atoms with Crippen LogP contribution in [0.15, 0.2) is 18.3 Å². The second-order valence-electron chi connectivity index (χ2n) is 4.28. The van der Waals surface area contributed by atoms with Crippen LogP contribution in [0.1, 0.15) is 25.1 Å². The third kappa shape index (κ3) is 4.15. The first-order valence-electron chi connectivity index (χ1n) is 5.94. The molecule has 0 aliphatic heterocycles. The van der Waals surface area contributed by atoms with Gasteiger partial charge in [-0.1, -0.05) is 6.07 Å². The molecule has 0 bridgehead atoms. The predicted octanol–water partition coefficient (Wildman–Crippen LogP) is 1.35. The number of hydrogen-bond donors (Lipinski definition) is 1. The molecule has 1 heterocycles. The molecule has 0 saturated carbocycles. The fourth-order valence-electron chi connectivity index (χ4n) is 1.43. The van der Waals surface area contributed by atoms with Gasteiger partial charge in [-0.25, -0.2) is 0 Å². The van der Waals surface area contributed by atoms with Crippen molar-refractivity contribution in [3.63, 3.8) is 0 Å². The monoisotopic (exact) mass is 235 g/mol. The average molecular weight is 235 g/mol. The standard InChI is InChI=1S/C13H21N3O/c1-5-16(4)13(17)11(3)14-9-12-7-6-10(2)8-15-12/h6-8,11,14H,5,9H2,1-4H3. The van der Waals surface area contributed by atoms with Crippen LogP contribution in [0, 0.1) is 6.92 Å². The van der Waals surface area contributed by atoms with Crippen LogP contribution in [-0.4, -0.2) is 35.4 Å². The third-order valence-corrected chi connectivity index (χ3v) is 2.78. The van der Waals surface area contributed by atoms with Crippen LogP contribution in [0.25, 0.3) is 0 Å². The van der Waals surface area contributed by atoms with Gasteiger partial charge in [0.15, 0.2) is 0 Å². The van der Waals surface area contributed by atoms with Crippen molar-refractivity contribution in [2.45, 2.75) is 33.4 Å². The van der Waals surface area contributed by atoms with Crippen molar-refractivity contribution in [1.82, 2.24) is 15.2 Å². The zero-order valence-electron chi connectivity index (χ0n) is 11.0. The van der Waals surface area contributed by atoms with Gasteiger partial charge >= 0.3 is 0 Å². The normalized spacial score (nSPS) is 12.2. The van der Waals surface area contributed by atoms with Crippen molar-refractivity contribution >= 4 is 5.91 Å². The number of carbonyl (C=O) groups excluding carboxylic acids is 1. The Balaban J connectivity index is 2.45. The Morgan fingerprint density at radius 3 is 2.76 bits per heavy atom. The number of aromatic nitrogens is 1. The van der Waals surface area contributed by atoms with E-state index in [9.17, 15) is 4.79 Å². The topological polar surface area (TPSA) is 45.2 Å². The molecular formula is C13H21N3O. The molecule has 1 N–H and O–H groups in total. The molecule has 0 saturated heterocycles. The summed E-state index contributed by atoms with van der Waals surface area (Å²) < 4.78 is 0. The van der Waals surface area contributed by atoms with Crippen LogP contribution in [0.3, 0.4) is 0 Å². The molecule has 4 heteroatoms. The summed E-state index contributed by atoms with van der Waals surface area (Å²) in [6, 6.07) is 3.82. The minimum atomic E-state index is -0.178. The van der Waals surface area contributed by atoms with E-state index < -0.39 is 0 Å². The molecule has 0 radical (unpaired) electrons. The van der Waals surface area contributed by atoms with Crippen LogP contribution >= 0.6 is 0 Å². The lowest BCUT2D eigenvalue weighted by atomic mass is 10.2. The Bertz CT molecular complexity index is 361. The summed E-state index contributed by atoms with van der Waals surface area (Å²) in [5.74, 6) is 0.111. The van der Waals surface area contributed by atoms with Gasteiger partial charge in [-0.15, -0.1) is 0 Å². The summed E-state index contributed by atoms with van der Waals surface area (Å²) in [5, 5.41) is 3.18. The van der Waals surface area contributed by atoms with E-state index in [1.165, 1.54) is 0 Å². The molecule has 17 heavy (non-hydrogen) atoms. The molecule has 4 nitrogen and oxygen atoms in total. The summed E-state index contributed by atoms with van der Waals surface area (Å²) in [4.78, 5) is 17.8. The van der Waals surface area contributed by atoms with Crippen molar-refractivity contribution < 1.29 is 4.79 Å². The number of likely N-dealkylation sites (N-methyl/N-ethyl adjacent to an activating group) is 1. The Hall–Kier alpha value is -1.42. The van der Waals surface area contributed by atoms with Crippen LogP contribution in [-0.2, 0) is 11.3 Å². The van der Waals surface area contributed by atoms with Gasteiger partial charge in [-0.3, -0.25) is 9.78 Å². The predicted molar refractivity (Wildman–Crippen MR) is 68.6 cm³/mol. The van der Waals surface area contributed by atoms with Gasteiger partial charge in [0.05, 0.1) is 11.7 Å². The van der Waals surface area contributed by atoms with Gasteiger partial charge in [-0.05, 0) is 32.4 Å². The summed E-state index contributed by atoms with van der Waals surface area (Å²) in [6.45, 7) is 7.19. The maximum atomic E-state index is 11.8. The molecule has 1 atom stereocenters. The molecule has 1 rings (SSSR count). The smallest absolute Gasteiger partial charge is 0.239 e. The van der Waals surface area contributed by atoms with Gasteiger partial charge in [-0.2, -0.15) is 0 Å². The Kier molecular flexibility index (Phi) is 5.10. The van der Waals surface area contributed by atoms with Gasteiger partial charge in [0.1, 0.15) is 0 Å². The summed E-state index contributed by atoms with van der Waals surface area (Å²) in [6.07, 6.45) is 1.83. The van der Waals surface area contributed by atoms with Gasteiger partial charge in [0.2, 0.25) is 5.91 Å². The lowest BCUT2D eigenvalue weighted by Crippen LogP contribution is -2.42. The number of hydrogen-bond acceptors (Lipinski definition) is 3. The summed E-state index contributed by atoms with van der Waals surface area (Å²) in [5.41, 5.74) is 2.10. The number of carbonyl (C=O) groups is 1. The summed E-state index contributed by atoms with van der Waals surface area (Å²) >= 11 is 0. The molecule has 1 aromatic rings.